The van der Waals surface area contributed by atoms with Crippen molar-refractivity contribution in [1.82, 2.24) is 9.97 Å². The fourth-order valence-corrected chi connectivity index (χ4v) is 2.33. The van der Waals surface area contributed by atoms with Crippen molar-refractivity contribution in [3.63, 3.8) is 0 Å². The van der Waals surface area contributed by atoms with Crippen molar-refractivity contribution in [2.75, 3.05) is 10.6 Å². The van der Waals surface area contributed by atoms with E-state index < -0.39 is 0 Å². The van der Waals surface area contributed by atoms with E-state index in [9.17, 15) is 4.79 Å². The van der Waals surface area contributed by atoms with Crippen molar-refractivity contribution in [3.8, 4) is 0 Å². The number of carbonyl (C=O) groups excluding carboxylic acids is 1. The second kappa shape index (κ2) is 7.96. The molecule has 1 amide bonds. The van der Waals surface area contributed by atoms with Crippen LogP contribution in [0.3, 0.4) is 0 Å². The van der Waals surface area contributed by atoms with Crippen LogP contribution in [0.15, 0.2) is 60.8 Å². The number of anilines is 2. The summed E-state index contributed by atoms with van der Waals surface area (Å²) in [7, 11) is 0. The molecule has 5 nitrogen and oxygen atoms in total. The molecule has 2 aromatic carbocycles. The fourth-order valence-electron chi connectivity index (χ4n) is 2.08. The Kier molecular flexibility index (Phi) is 5.48. The number of hydrogen-bond acceptors (Lipinski definition) is 4. The first-order valence-electron chi connectivity index (χ1n) is 7.48. The smallest absolute Gasteiger partial charge is 0.274 e. The van der Waals surface area contributed by atoms with Gasteiger partial charge in [0.25, 0.3) is 5.91 Å². The normalized spacial score (nSPS) is 10.3. The van der Waals surface area contributed by atoms with Gasteiger partial charge in [0.1, 0.15) is 5.69 Å². The lowest BCUT2D eigenvalue weighted by molar-refractivity contribution is 0.102. The second-order valence-electron chi connectivity index (χ2n) is 5.21. The van der Waals surface area contributed by atoms with Crippen molar-refractivity contribution in [2.45, 2.75) is 6.54 Å². The van der Waals surface area contributed by atoms with Crippen molar-refractivity contribution in [1.29, 1.82) is 0 Å². The zero-order chi connectivity index (χ0) is 17.6. The van der Waals surface area contributed by atoms with Gasteiger partial charge in [0, 0.05) is 28.5 Å². The summed E-state index contributed by atoms with van der Waals surface area (Å²) < 4.78 is 0. The molecule has 0 radical (unpaired) electrons. The third-order valence-corrected chi connectivity index (χ3v) is 3.86. The zero-order valence-corrected chi connectivity index (χ0v) is 14.6. The summed E-state index contributed by atoms with van der Waals surface area (Å²) in [5, 5.41) is 7.13. The molecule has 1 aromatic heterocycles. The van der Waals surface area contributed by atoms with Gasteiger partial charge in [0.15, 0.2) is 0 Å². The number of hydrogen-bond donors (Lipinski definition) is 2. The van der Waals surface area contributed by atoms with Gasteiger partial charge in [-0.1, -0.05) is 35.3 Å². The Bertz CT molecular complexity index is 867. The molecule has 0 spiro atoms. The molecule has 25 heavy (non-hydrogen) atoms. The van der Waals surface area contributed by atoms with Crippen molar-refractivity contribution >= 4 is 40.7 Å². The van der Waals surface area contributed by atoms with Crippen LogP contribution in [0.4, 0.5) is 11.6 Å². The van der Waals surface area contributed by atoms with Gasteiger partial charge in [0.05, 0.1) is 0 Å². The maximum Gasteiger partial charge on any atom is 0.274 e. The average Bonchev–Trinajstić information content (AvgIpc) is 2.63. The molecule has 2 N–H and O–H groups in total. The molecule has 0 aliphatic heterocycles. The molecule has 3 rings (SSSR count). The Balaban J connectivity index is 1.64. The van der Waals surface area contributed by atoms with E-state index in [0.29, 0.717) is 28.2 Å². The monoisotopic (exact) mass is 372 g/mol. The predicted octanol–water partition coefficient (Wildman–Crippen LogP) is 4.65. The van der Waals surface area contributed by atoms with Gasteiger partial charge in [-0.15, -0.1) is 0 Å². The summed E-state index contributed by atoms with van der Waals surface area (Å²) in [6, 6.07) is 15.9. The second-order valence-corrected chi connectivity index (χ2v) is 6.08. The van der Waals surface area contributed by atoms with Gasteiger partial charge in [-0.25, -0.2) is 9.97 Å². The Morgan fingerprint density at radius 3 is 2.24 bits per heavy atom. The van der Waals surface area contributed by atoms with Crippen LogP contribution in [0.25, 0.3) is 0 Å². The highest BCUT2D eigenvalue weighted by Gasteiger charge is 2.09. The number of carbonyl (C=O) groups is 1. The van der Waals surface area contributed by atoms with Gasteiger partial charge < -0.3 is 10.6 Å². The van der Waals surface area contributed by atoms with Crippen LogP contribution >= 0.6 is 23.2 Å². The molecule has 0 atom stereocenters. The van der Waals surface area contributed by atoms with E-state index in [1.807, 2.05) is 24.3 Å². The van der Waals surface area contributed by atoms with Crippen molar-refractivity contribution < 1.29 is 4.79 Å². The summed E-state index contributed by atoms with van der Waals surface area (Å²) in [5.41, 5.74) is 1.94. The van der Waals surface area contributed by atoms with Crippen LogP contribution in [0.5, 0.6) is 0 Å². The topological polar surface area (TPSA) is 66.9 Å². The molecule has 1 heterocycles. The first-order valence-corrected chi connectivity index (χ1v) is 8.24. The lowest BCUT2D eigenvalue weighted by Gasteiger charge is -2.08. The number of aromatic nitrogens is 2. The Morgan fingerprint density at radius 2 is 1.56 bits per heavy atom. The maximum atomic E-state index is 12.3. The quantitative estimate of drug-likeness (QED) is 0.683. The van der Waals surface area contributed by atoms with Crippen molar-refractivity contribution in [2.24, 2.45) is 0 Å². The van der Waals surface area contributed by atoms with E-state index in [4.69, 9.17) is 23.2 Å². The minimum absolute atomic E-state index is 0.267. The van der Waals surface area contributed by atoms with Crippen LogP contribution in [0, 0.1) is 0 Å². The van der Waals surface area contributed by atoms with Gasteiger partial charge in [-0.3, -0.25) is 4.79 Å². The van der Waals surface area contributed by atoms with E-state index in [0.717, 1.165) is 5.56 Å². The molecule has 3 aromatic rings. The van der Waals surface area contributed by atoms with Crippen LogP contribution in [0.2, 0.25) is 10.0 Å². The lowest BCUT2D eigenvalue weighted by Crippen LogP contribution is -2.15. The molecule has 0 saturated carbocycles. The van der Waals surface area contributed by atoms with Crippen LogP contribution < -0.4 is 10.6 Å². The fraction of sp³-hybridized carbons (Fsp3) is 0.0556. The first-order chi connectivity index (χ1) is 12.1. The average molecular weight is 373 g/mol. The molecule has 126 valence electrons. The Labute approximate surface area is 155 Å². The number of nitrogens with one attached hydrogen (secondary N) is 2. The maximum absolute atomic E-state index is 12.3. The molecule has 0 unspecified atom stereocenters. The molecule has 0 aliphatic rings. The van der Waals surface area contributed by atoms with E-state index in [2.05, 4.69) is 20.6 Å². The van der Waals surface area contributed by atoms with E-state index in [-0.39, 0.29) is 11.6 Å². The van der Waals surface area contributed by atoms with Crippen molar-refractivity contribution in [3.05, 3.63) is 82.1 Å². The number of nitrogens with zero attached hydrogens (tertiary/aromatic N) is 2. The SMILES string of the molecule is O=C(Nc1ccc(Cl)cc1)c1ccnc(NCc2ccc(Cl)cc2)n1. The minimum atomic E-state index is -0.320. The standard InChI is InChI=1S/C18H14Cl2N4O/c19-13-3-1-12(2-4-13)11-22-18-21-10-9-16(24-18)17(25)23-15-7-5-14(20)6-8-15/h1-10H,11H2,(H,23,25)(H,21,22,24). The largest absolute Gasteiger partial charge is 0.350 e. The molecule has 0 aliphatic carbocycles. The summed E-state index contributed by atoms with van der Waals surface area (Å²) in [4.78, 5) is 20.6. The van der Waals surface area contributed by atoms with Crippen LogP contribution in [-0.4, -0.2) is 15.9 Å². The van der Waals surface area contributed by atoms with E-state index >= 15 is 0 Å². The molecule has 0 saturated heterocycles. The third kappa shape index (κ3) is 4.92. The summed E-state index contributed by atoms with van der Waals surface area (Å²) >= 11 is 11.7. The Morgan fingerprint density at radius 1 is 0.920 bits per heavy atom. The highest BCUT2D eigenvalue weighted by Crippen LogP contribution is 2.15. The lowest BCUT2D eigenvalue weighted by atomic mass is 10.2. The van der Waals surface area contributed by atoms with Gasteiger partial charge in [-0.05, 0) is 48.0 Å². The van der Waals surface area contributed by atoms with Crippen LogP contribution in [0.1, 0.15) is 16.1 Å². The molecular weight excluding hydrogens is 359 g/mol. The first kappa shape index (κ1) is 17.2. The van der Waals surface area contributed by atoms with Gasteiger partial charge in [0.2, 0.25) is 5.95 Å². The molecule has 0 bridgehead atoms. The van der Waals surface area contributed by atoms with E-state index in [1.54, 1.807) is 30.3 Å². The number of halogens is 2. The zero-order valence-electron chi connectivity index (χ0n) is 13.0. The number of amides is 1. The highest BCUT2D eigenvalue weighted by atomic mass is 35.5. The van der Waals surface area contributed by atoms with Gasteiger partial charge >= 0.3 is 0 Å². The summed E-state index contributed by atoms with van der Waals surface area (Å²) in [5.74, 6) is 0.0537. The minimum Gasteiger partial charge on any atom is -0.350 e. The third-order valence-electron chi connectivity index (χ3n) is 3.35. The number of rotatable bonds is 5. The van der Waals surface area contributed by atoms with Crippen LogP contribution in [-0.2, 0) is 6.54 Å². The summed E-state index contributed by atoms with van der Waals surface area (Å²) in [6.45, 7) is 0.527. The molecule has 0 fully saturated rings. The molecule has 7 heteroatoms. The van der Waals surface area contributed by atoms with E-state index in [1.165, 1.54) is 6.20 Å². The predicted molar refractivity (Wildman–Crippen MR) is 100 cm³/mol. The Hall–Kier alpha value is -2.63. The summed E-state index contributed by atoms with van der Waals surface area (Å²) in [6.07, 6.45) is 1.54. The number of benzene rings is 2. The molecular formula is C18H14Cl2N4O. The highest BCUT2D eigenvalue weighted by molar-refractivity contribution is 6.30. The van der Waals surface area contributed by atoms with Gasteiger partial charge in [-0.2, -0.15) is 0 Å².